The van der Waals surface area contributed by atoms with Gasteiger partial charge >= 0.3 is 0 Å². The van der Waals surface area contributed by atoms with Crippen LogP contribution in [0.15, 0.2) is 43.0 Å². The molecular weight excluding hydrogens is 354 g/mol. The van der Waals surface area contributed by atoms with Gasteiger partial charge in [-0.25, -0.2) is 9.97 Å². The van der Waals surface area contributed by atoms with Crippen molar-refractivity contribution in [2.75, 3.05) is 24.5 Å². The SMILES string of the molecule is Cn1ncnc1CCNC(=O)c1cccc(-c2nccnc2N2CCCC2)c1. The summed E-state index contributed by atoms with van der Waals surface area (Å²) in [5.41, 5.74) is 2.32. The van der Waals surface area contributed by atoms with Crippen LogP contribution < -0.4 is 10.2 Å². The first-order chi connectivity index (χ1) is 13.7. The first-order valence-electron chi connectivity index (χ1n) is 9.50. The van der Waals surface area contributed by atoms with E-state index >= 15 is 0 Å². The Labute approximate surface area is 163 Å². The zero-order valence-corrected chi connectivity index (χ0v) is 15.9. The van der Waals surface area contributed by atoms with E-state index in [-0.39, 0.29) is 5.91 Å². The second kappa shape index (κ2) is 8.16. The third-order valence-corrected chi connectivity index (χ3v) is 4.92. The van der Waals surface area contributed by atoms with E-state index in [0.29, 0.717) is 18.5 Å². The van der Waals surface area contributed by atoms with Crippen molar-refractivity contribution in [3.63, 3.8) is 0 Å². The van der Waals surface area contributed by atoms with Gasteiger partial charge in [0.2, 0.25) is 0 Å². The number of carbonyl (C=O) groups is 1. The van der Waals surface area contributed by atoms with Gasteiger partial charge in [-0.2, -0.15) is 5.10 Å². The van der Waals surface area contributed by atoms with Crippen LogP contribution in [0.25, 0.3) is 11.3 Å². The van der Waals surface area contributed by atoms with Gasteiger partial charge in [-0.3, -0.25) is 14.5 Å². The Morgan fingerprint density at radius 1 is 1.14 bits per heavy atom. The molecule has 0 radical (unpaired) electrons. The Balaban J connectivity index is 1.49. The van der Waals surface area contributed by atoms with E-state index in [1.807, 2.05) is 31.3 Å². The molecule has 1 saturated heterocycles. The smallest absolute Gasteiger partial charge is 0.251 e. The number of benzene rings is 1. The summed E-state index contributed by atoms with van der Waals surface area (Å²) in [5, 5.41) is 6.98. The molecule has 0 bridgehead atoms. The molecule has 1 aliphatic heterocycles. The molecule has 8 nitrogen and oxygen atoms in total. The Hall–Kier alpha value is -3.29. The Kier molecular flexibility index (Phi) is 5.27. The normalized spacial score (nSPS) is 13.7. The zero-order chi connectivity index (χ0) is 19.3. The molecule has 1 N–H and O–H groups in total. The first-order valence-corrected chi connectivity index (χ1v) is 9.50. The Morgan fingerprint density at radius 3 is 2.75 bits per heavy atom. The molecule has 0 spiro atoms. The minimum Gasteiger partial charge on any atom is -0.355 e. The average molecular weight is 377 g/mol. The lowest BCUT2D eigenvalue weighted by Crippen LogP contribution is -2.26. The molecule has 2 aromatic heterocycles. The molecule has 1 aromatic carbocycles. The molecule has 8 heteroatoms. The minimum atomic E-state index is -0.115. The predicted octanol–water partition coefficient (Wildman–Crippen LogP) is 1.84. The fourth-order valence-electron chi connectivity index (χ4n) is 3.44. The molecule has 28 heavy (non-hydrogen) atoms. The van der Waals surface area contributed by atoms with Crippen molar-refractivity contribution < 1.29 is 4.79 Å². The van der Waals surface area contributed by atoms with Gasteiger partial charge in [0.25, 0.3) is 5.91 Å². The lowest BCUT2D eigenvalue weighted by Gasteiger charge is -2.19. The molecule has 0 unspecified atom stereocenters. The van der Waals surface area contributed by atoms with E-state index in [9.17, 15) is 4.79 Å². The monoisotopic (exact) mass is 377 g/mol. The van der Waals surface area contributed by atoms with E-state index in [1.54, 1.807) is 17.1 Å². The maximum absolute atomic E-state index is 12.6. The molecule has 144 valence electrons. The van der Waals surface area contributed by atoms with Crippen molar-refractivity contribution in [2.24, 2.45) is 7.05 Å². The molecule has 0 atom stereocenters. The quantitative estimate of drug-likeness (QED) is 0.705. The number of nitrogens with zero attached hydrogens (tertiary/aromatic N) is 6. The van der Waals surface area contributed by atoms with E-state index in [0.717, 1.165) is 36.0 Å². The van der Waals surface area contributed by atoms with Crippen molar-refractivity contribution in [1.29, 1.82) is 0 Å². The fourth-order valence-corrected chi connectivity index (χ4v) is 3.44. The maximum atomic E-state index is 12.6. The van der Waals surface area contributed by atoms with Crippen LogP contribution in [0.5, 0.6) is 0 Å². The molecular formula is C20H23N7O. The van der Waals surface area contributed by atoms with E-state index < -0.39 is 0 Å². The zero-order valence-electron chi connectivity index (χ0n) is 15.9. The molecule has 3 aromatic rings. The van der Waals surface area contributed by atoms with Crippen molar-refractivity contribution in [1.82, 2.24) is 30.0 Å². The number of nitrogens with one attached hydrogen (secondary N) is 1. The van der Waals surface area contributed by atoms with Crippen LogP contribution in [0.1, 0.15) is 29.0 Å². The third kappa shape index (κ3) is 3.85. The third-order valence-electron chi connectivity index (χ3n) is 4.92. The van der Waals surface area contributed by atoms with Crippen molar-refractivity contribution in [3.8, 4) is 11.3 Å². The van der Waals surface area contributed by atoms with Gasteiger partial charge in [0, 0.05) is 56.6 Å². The topological polar surface area (TPSA) is 88.8 Å². The van der Waals surface area contributed by atoms with Gasteiger partial charge in [0.1, 0.15) is 17.8 Å². The number of aryl methyl sites for hydroxylation is 1. The number of anilines is 1. The fraction of sp³-hybridized carbons (Fsp3) is 0.350. The van der Waals surface area contributed by atoms with Crippen molar-refractivity contribution in [3.05, 3.63) is 54.4 Å². The van der Waals surface area contributed by atoms with Crippen LogP contribution in [0.2, 0.25) is 0 Å². The van der Waals surface area contributed by atoms with Crippen molar-refractivity contribution >= 4 is 11.7 Å². The highest BCUT2D eigenvalue weighted by Gasteiger charge is 2.19. The molecule has 1 aliphatic rings. The van der Waals surface area contributed by atoms with Crippen LogP contribution in [0.4, 0.5) is 5.82 Å². The van der Waals surface area contributed by atoms with Crippen LogP contribution in [0.3, 0.4) is 0 Å². The van der Waals surface area contributed by atoms with Gasteiger partial charge in [0.15, 0.2) is 5.82 Å². The summed E-state index contributed by atoms with van der Waals surface area (Å²) < 4.78 is 1.71. The minimum absolute atomic E-state index is 0.115. The number of rotatable bonds is 6. The first kappa shape index (κ1) is 18.1. The average Bonchev–Trinajstić information content (AvgIpc) is 3.40. The van der Waals surface area contributed by atoms with E-state index in [4.69, 9.17) is 0 Å². The Bertz CT molecular complexity index is 962. The number of carbonyl (C=O) groups excluding carboxylic acids is 1. The second-order valence-electron chi connectivity index (χ2n) is 6.81. The summed E-state index contributed by atoms with van der Waals surface area (Å²) in [6.45, 7) is 2.49. The van der Waals surface area contributed by atoms with Gasteiger partial charge in [-0.1, -0.05) is 12.1 Å². The van der Waals surface area contributed by atoms with Crippen LogP contribution in [0, 0.1) is 0 Å². The number of aromatic nitrogens is 5. The predicted molar refractivity (Wildman–Crippen MR) is 106 cm³/mol. The summed E-state index contributed by atoms with van der Waals surface area (Å²) in [6.07, 6.45) is 7.90. The molecule has 3 heterocycles. The van der Waals surface area contributed by atoms with Gasteiger partial charge in [-0.05, 0) is 25.0 Å². The lowest BCUT2D eigenvalue weighted by atomic mass is 10.1. The van der Waals surface area contributed by atoms with Gasteiger partial charge in [0.05, 0.1) is 0 Å². The lowest BCUT2D eigenvalue weighted by molar-refractivity contribution is 0.0954. The molecule has 1 fully saturated rings. The number of hydrogen-bond donors (Lipinski definition) is 1. The number of amides is 1. The van der Waals surface area contributed by atoms with Crippen LogP contribution in [-0.2, 0) is 13.5 Å². The summed E-state index contributed by atoms with van der Waals surface area (Å²) in [4.78, 5) is 28.1. The molecule has 1 amide bonds. The molecule has 0 saturated carbocycles. The van der Waals surface area contributed by atoms with Gasteiger partial charge < -0.3 is 10.2 Å². The van der Waals surface area contributed by atoms with E-state index in [2.05, 4.69) is 30.3 Å². The highest BCUT2D eigenvalue weighted by atomic mass is 16.1. The highest BCUT2D eigenvalue weighted by Crippen LogP contribution is 2.29. The van der Waals surface area contributed by atoms with Crippen LogP contribution in [-0.4, -0.2) is 50.3 Å². The summed E-state index contributed by atoms with van der Waals surface area (Å²) in [7, 11) is 1.84. The molecule has 4 rings (SSSR count). The summed E-state index contributed by atoms with van der Waals surface area (Å²) in [6, 6.07) is 7.55. The molecule has 0 aliphatic carbocycles. The Morgan fingerprint density at radius 2 is 1.96 bits per heavy atom. The summed E-state index contributed by atoms with van der Waals surface area (Å²) >= 11 is 0. The van der Waals surface area contributed by atoms with E-state index in [1.165, 1.54) is 19.2 Å². The largest absolute Gasteiger partial charge is 0.355 e. The highest BCUT2D eigenvalue weighted by molar-refractivity contribution is 5.95. The second-order valence-corrected chi connectivity index (χ2v) is 6.81. The van der Waals surface area contributed by atoms with Crippen molar-refractivity contribution in [2.45, 2.75) is 19.3 Å². The van der Waals surface area contributed by atoms with Gasteiger partial charge in [-0.15, -0.1) is 0 Å². The maximum Gasteiger partial charge on any atom is 0.251 e. The summed E-state index contributed by atoms with van der Waals surface area (Å²) in [5.74, 6) is 1.61. The standard InChI is InChI=1S/C20H23N7O/c1-26-17(24-14-25-26)7-8-23-20(28)16-6-4-5-15(13-16)18-19(22-10-9-21-18)27-11-2-3-12-27/h4-6,9-10,13-14H,2-3,7-8,11-12H2,1H3,(H,23,28). The van der Waals surface area contributed by atoms with Crippen LogP contribution >= 0.6 is 0 Å². The number of hydrogen-bond acceptors (Lipinski definition) is 6.